The van der Waals surface area contributed by atoms with Gasteiger partial charge >= 0.3 is 5.69 Å². The summed E-state index contributed by atoms with van der Waals surface area (Å²) in [6, 6.07) is 9.55. The molecule has 9 nitrogen and oxygen atoms in total. The van der Waals surface area contributed by atoms with Crippen LogP contribution in [-0.2, 0) is 18.4 Å². The van der Waals surface area contributed by atoms with Gasteiger partial charge in [-0.2, -0.15) is 5.10 Å². The Morgan fingerprint density at radius 2 is 1.76 bits per heavy atom. The quantitative estimate of drug-likeness (QED) is 0.322. The average molecular weight is 498 g/mol. The van der Waals surface area contributed by atoms with Crippen LogP contribution in [0.5, 0.6) is 0 Å². The summed E-state index contributed by atoms with van der Waals surface area (Å²) < 4.78 is 4.96. The number of nitrogens with zero attached hydrogens (tertiary/aromatic N) is 7. The van der Waals surface area contributed by atoms with E-state index in [1.165, 1.54) is 0 Å². The fourth-order valence-corrected chi connectivity index (χ4v) is 4.94. The van der Waals surface area contributed by atoms with E-state index in [2.05, 4.69) is 28.9 Å². The normalized spacial score (nSPS) is 11.5. The van der Waals surface area contributed by atoms with Gasteiger partial charge in [0.2, 0.25) is 5.91 Å². The first-order chi connectivity index (χ1) is 17.9. The van der Waals surface area contributed by atoms with E-state index in [9.17, 15) is 9.59 Å². The van der Waals surface area contributed by atoms with Gasteiger partial charge in [-0.15, -0.1) is 0 Å². The van der Waals surface area contributed by atoms with Gasteiger partial charge < -0.3 is 4.90 Å². The Morgan fingerprint density at radius 3 is 2.46 bits per heavy atom. The Labute approximate surface area is 215 Å². The molecule has 0 bridgehead atoms. The molecule has 9 heteroatoms. The standard InChI is InChI=1S/C28H31N7O2/c1-5-12-33(13-6-2)26(36)18-34-23-9-7-8-19(3)27(23)35(28(34)37)25-11-10-20(14-30-25)21-15-29-17-24-22(21)16-31-32(24)4/h7-11,14-17H,5-6,12-13,18H2,1-4H3. The third-order valence-electron chi connectivity index (χ3n) is 6.75. The van der Waals surface area contributed by atoms with Gasteiger partial charge in [0, 0.05) is 49.0 Å². The summed E-state index contributed by atoms with van der Waals surface area (Å²) in [5.74, 6) is 0.455. The molecular weight excluding hydrogens is 466 g/mol. The number of amides is 1. The van der Waals surface area contributed by atoms with E-state index in [0.29, 0.717) is 18.9 Å². The van der Waals surface area contributed by atoms with Crippen molar-refractivity contribution in [1.82, 2.24) is 33.8 Å². The highest BCUT2D eigenvalue weighted by molar-refractivity contribution is 5.93. The van der Waals surface area contributed by atoms with Gasteiger partial charge in [0.1, 0.15) is 12.4 Å². The molecule has 5 aromatic rings. The maximum atomic E-state index is 13.7. The van der Waals surface area contributed by atoms with E-state index < -0.39 is 0 Å². The molecule has 37 heavy (non-hydrogen) atoms. The minimum Gasteiger partial charge on any atom is -0.341 e. The van der Waals surface area contributed by atoms with Gasteiger partial charge in [-0.1, -0.05) is 26.0 Å². The second kappa shape index (κ2) is 10.0. The van der Waals surface area contributed by atoms with Gasteiger partial charge in [-0.25, -0.2) is 14.3 Å². The van der Waals surface area contributed by atoms with Crippen molar-refractivity contribution in [2.45, 2.75) is 40.2 Å². The summed E-state index contributed by atoms with van der Waals surface area (Å²) in [6.07, 6.45) is 8.91. The van der Waals surface area contributed by atoms with E-state index in [-0.39, 0.29) is 18.1 Å². The first-order valence-corrected chi connectivity index (χ1v) is 12.7. The molecule has 0 radical (unpaired) electrons. The van der Waals surface area contributed by atoms with Crippen LogP contribution in [0.1, 0.15) is 32.3 Å². The summed E-state index contributed by atoms with van der Waals surface area (Å²) >= 11 is 0. The Kier molecular flexibility index (Phi) is 6.60. The number of hydrogen-bond acceptors (Lipinski definition) is 5. The lowest BCUT2D eigenvalue weighted by atomic mass is 10.1. The maximum absolute atomic E-state index is 13.7. The van der Waals surface area contributed by atoms with Gasteiger partial charge in [-0.05, 0) is 43.5 Å². The van der Waals surface area contributed by atoms with Gasteiger partial charge in [-0.3, -0.25) is 19.0 Å². The number of imidazole rings is 1. The van der Waals surface area contributed by atoms with Crippen LogP contribution in [0.15, 0.2) is 59.9 Å². The molecule has 0 spiro atoms. The van der Waals surface area contributed by atoms with E-state index in [0.717, 1.165) is 51.5 Å². The maximum Gasteiger partial charge on any atom is 0.335 e. The molecule has 4 heterocycles. The average Bonchev–Trinajstić information content (AvgIpc) is 3.42. The number of carbonyl (C=O) groups excluding carboxylic acids is 1. The van der Waals surface area contributed by atoms with Crippen molar-refractivity contribution in [3.8, 4) is 16.9 Å². The molecule has 0 atom stereocenters. The number of carbonyl (C=O) groups is 1. The number of hydrogen-bond donors (Lipinski definition) is 0. The predicted octanol–water partition coefficient (Wildman–Crippen LogP) is 4.09. The molecule has 0 unspecified atom stereocenters. The van der Waals surface area contributed by atoms with Crippen LogP contribution in [-0.4, -0.2) is 52.8 Å². The van der Waals surface area contributed by atoms with Crippen molar-refractivity contribution in [2.24, 2.45) is 7.05 Å². The second-order valence-electron chi connectivity index (χ2n) is 9.32. The Bertz CT molecular complexity index is 1640. The molecule has 0 fully saturated rings. The second-order valence-corrected chi connectivity index (χ2v) is 9.32. The van der Waals surface area contributed by atoms with Crippen LogP contribution >= 0.6 is 0 Å². The number of pyridine rings is 2. The molecular formula is C28H31N7O2. The van der Waals surface area contributed by atoms with Crippen LogP contribution in [0.2, 0.25) is 0 Å². The van der Waals surface area contributed by atoms with Gasteiger partial charge in [0.25, 0.3) is 0 Å². The molecule has 1 amide bonds. The number of fused-ring (bicyclic) bond motifs is 2. The molecule has 0 aliphatic carbocycles. The topological polar surface area (TPSA) is 90.8 Å². The lowest BCUT2D eigenvalue weighted by Gasteiger charge is -2.21. The van der Waals surface area contributed by atoms with Crippen LogP contribution in [0.25, 0.3) is 38.9 Å². The highest BCUT2D eigenvalue weighted by Crippen LogP contribution is 2.28. The molecule has 0 saturated carbocycles. The highest BCUT2D eigenvalue weighted by atomic mass is 16.2. The van der Waals surface area contributed by atoms with E-state index in [4.69, 9.17) is 0 Å². The predicted molar refractivity (Wildman–Crippen MR) is 145 cm³/mol. The number of rotatable bonds is 8. The molecule has 190 valence electrons. The van der Waals surface area contributed by atoms with Crippen molar-refractivity contribution < 1.29 is 4.79 Å². The summed E-state index contributed by atoms with van der Waals surface area (Å²) in [5.41, 5.74) is 4.88. The number of aromatic nitrogens is 6. The Balaban J connectivity index is 1.58. The molecule has 1 aromatic carbocycles. The lowest BCUT2D eigenvalue weighted by molar-refractivity contribution is -0.131. The van der Waals surface area contributed by atoms with Crippen molar-refractivity contribution in [3.63, 3.8) is 0 Å². The fourth-order valence-electron chi connectivity index (χ4n) is 4.94. The third kappa shape index (κ3) is 4.30. The van der Waals surface area contributed by atoms with E-state index in [1.807, 2.05) is 55.4 Å². The summed E-state index contributed by atoms with van der Waals surface area (Å²) in [4.78, 5) is 37.8. The first kappa shape index (κ1) is 24.4. The van der Waals surface area contributed by atoms with Crippen LogP contribution < -0.4 is 5.69 Å². The van der Waals surface area contributed by atoms with E-state index in [1.54, 1.807) is 32.4 Å². The highest BCUT2D eigenvalue weighted by Gasteiger charge is 2.21. The van der Waals surface area contributed by atoms with Gasteiger partial charge in [0.05, 0.1) is 28.9 Å². The number of aryl methyl sites for hydroxylation is 2. The molecule has 5 rings (SSSR count). The van der Waals surface area contributed by atoms with E-state index >= 15 is 0 Å². The first-order valence-electron chi connectivity index (χ1n) is 12.7. The smallest absolute Gasteiger partial charge is 0.335 e. The Hall–Kier alpha value is -4.27. The number of benzene rings is 1. The minimum absolute atomic E-state index is 0.00144. The van der Waals surface area contributed by atoms with Crippen molar-refractivity contribution in [3.05, 3.63) is 71.2 Å². The van der Waals surface area contributed by atoms with Crippen molar-refractivity contribution in [2.75, 3.05) is 13.1 Å². The largest absolute Gasteiger partial charge is 0.341 e. The van der Waals surface area contributed by atoms with Gasteiger partial charge in [0.15, 0.2) is 0 Å². The third-order valence-corrected chi connectivity index (χ3v) is 6.75. The lowest BCUT2D eigenvalue weighted by Crippen LogP contribution is -2.37. The minimum atomic E-state index is -0.276. The van der Waals surface area contributed by atoms with Crippen LogP contribution in [0, 0.1) is 6.92 Å². The van der Waals surface area contributed by atoms with Crippen molar-refractivity contribution in [1.29, 1.82) is 0 Å². The molecule has 0 aliphatic heterocycles. The zero-order valence-electron chi connectivity index (χ0n) is 21.7. The Morgan fingerprint density at radius 1 is 0.973 bits per heavy atom. The van der Waals surface area contributed by atoms with Crippen LogP contribution in [0.3, 0.4) is 0 Å². The zero-order chi connectivity index (χ0) is 26.1. The molecule has 0 N–H and O–H groups in total. The zero-order valence-corrected chi connectivity index (χ0v) is 21.7. The summed E-state index contributed by atoms with van der Waals surface area (Å²) in [5, 5.41) is 5.33. The van der Waals surface area contributed by atoms with Crippen LogP contribution in [0.4, 0.5) is 0 Å². The summed E-state index contributed by atoms with van der Waals surface area (Å²) in [7, 11) is 1.88. The fraction of sp³-hybridized carbons (Fsp3) is 0.321. The monoisotopic (exact) mass is 497 g/mol. The summed E-state index contributed by atoms with van der Waals surface area (Å²) in [6.45, 7) is 7.43. The number of para-hydroxylation sites is 1. The molecule has 4 aromatic heterocycles. The SMILES string of the molecule is CCCN(CCC)C(=O)Cn1c(=O)n(-c2ccc(-c3cncc4c3cnn4C)cn2)c2c(C)cccc21. The molecule has 0 saturated heterocycles. The molecule has 0 aliphatic rings. The van der Waals surface area contributed by atoms with Crippen molar-refractivity contribution >= 4 is 27.8 Å².